The summed E-state index contributed by atoms with van der Waals surface area (Å²) in [6, 6.07) is 4.18. The van der Waals surface area contributed by atoms with Gasteiger partial charge in [-0.3, -0.25) is 4.79 Å². The predicted molar refractivity (Wildman–Crippen MR) is 110 cm³/mol. The number of halogens is 4. The summed E-state index contributed by atoms with van der Waals surface area (Å²) < 4.78 is 39.8. The van der Waals surface area contributed by atoms with Crippen LogP contribution in [-0.4, -0.2) is 46.2 Å². The molecule has 0 aliphatic carbocycles. The molecule has 3 aromatic rings. The van der Waals surface area contributed by atoms with Crippen molar-refractivity contribution in [2.45, 2.75) is 26.1 Å². The smallest absolute Gasteiger partial charge is 0.322 e. The average molecular weight is 440 g/mol. The van der Waals surface area contributed by atoms with E-state index in [1.54, 1.807) is 11.6 Å². The van der Waals surface area contributed by atoms with E-state index >= 15 is 0 Å². The molecule has 0 saturated carbocycles. The highest BCUT2D eigenvalue weighted by Gasteiger charge is 2.30. The molecule has 0 fully saturated rings. The molecule has 0 aliphatic rings. The lowest BCUT2D eigenvalue weighted by Crippen LogP contribution is -2.16. The van der Waals surface area contributed by atoms with E-state index in [-0.39, 0.29) is 16.3 Å². The van der Waals surface area contributed by atoms with Crippen molar-refractivity contribution in [3.05, 3.63) is 52.3 Å². The van der Waals surface area contributed by atoms with Crippen LogP contribution in [0.1, 0.15) is 28.0 Å². The second-order valence-corrected chi connectivity index (χ2v) is 7.56. The number of pyridine rings is 1. The molecule has 160 valence electrons. The third-order valence-corrected chi connectivity index (χ3v) is 4.96. The van der Waals surface area contributed by atoms with Crippen LogP contribution in [0.2, 0.25) is 5.02 Å². The maximum atomic E-state index is 12.7. The molecule has 10 heteroatoms. The molecule has 2 aromatic heterocycles. The minimum atomic E-state index is -4.44. The lowest BCUT2D eigenvalue weighted by Gasteiger charge is -2.10. The van der Waals surface area contributed by atoms with Crippen molar-refractivity contribution in [1.29, 1.82) is 0 Å². The molecule has 2 heterocycles. The van der Waals surface area contributed by atoms with E-state index in [4.69, 9.17) is 11.6 Å². The first-order chi connectivity index (χ1) is 14.1. The van der Waals surface area contributed by atoms with Gasteiger partial charge in [0.2, 0.25) is 0 Å². The number of anilines is 1. The quantitative estimate of drug-likeness (QED) is 0.609. The number of alkyl halides is 3. The van der Waals surface area contributed by atoms with Crippen molar-refractivity contribution in [2.75, 3.05) is 26.0 Å². The molecule has 0 radical (unpaired) electrons. The van der Waals surface area contributed by atoms with Crippen LogP contribution in [0.4, 0.5) is 18.9 Å². The highest BCUT2D eigenvalue weighted by Crippen LogP contribution is 2.31. The fourth-order valence-electron chi connectivity index (χ4n) is 3.07. The lowest BCUT2D eigenvalue weighted by molar-refractivity contribution is -0.137. The number of hydrogen-bond acceptors (Lipinski definition) is 4. The molecule has 1 amide bonds. The molecule has 0 unspecified atom stereocenters. The van der Waals surface area contributed by atoms with E-state index in [0.29, 0.717) is 23.3 Å². The fraction of sp³-hybridized carbons (Fsp3) is 0.350. The number of hydrogen-bond donors (Lipinski definition) is 1. The average Bonchev–Trinajstić information content (AvgIpc) is 2.98. The zero-order valence-electron chi connectivity index (χ0n) is 16.7. The molecule has 0 atom stereocenters. The number of rotatable bonds is 6. The Morgan fingerprint density at radius 3 is 2.50 bits per heavy atom. The second-order valence-electron chi connectivity index (χ2n) is 7.18. The van der Waals surface area contributed by atoms with E-state index in [1.807, 2.05) is 14.1 Å². The van der Waals surface area contributed by atoms with Gasteiger partial charge in [-0.25, -0.2) is 9.67 Å². The highest BCUT2D eigenvalue weighted by atomic mass is 35.5. The van der Waals surface area contributed by atoms with Gasteiger partial charge < -0.3 is 10.2 Å². The molecule has 0 aliphatic heterocycles. The van der Waals surface area contributed by atoms with Crippen LogP contribution in [0.15, 0.2) is 30.5 Å². The van der Waals surface area contributed by atoms with E-state index in [9.17, 15) is 18.0 Å². The molecule has 3 rings (SSSR count). The van der Waals surface area contributed by atoms with Gasteiger partial charge in [-0.05, 0) is 58.3 Å². The van der Waals surface area contributed by atoms with Gasteiger partial charge in [0.25, 0.3) is 5.91 Å². The van der Waals surface area contributed by atoms with Crippen LogP contribution in [-0.2, 0) is 12.7 Å². The Morgan fingerprint density at radius 2 is 1.90 bits per heavy atom. The van der Waals surface area contributed by atoms with Crippen molar-refractivity contribution in [1.82, 2.24) is 19.7 Å². The number of benzene rings is 1. The minimum Gasteiger partial charge on any atom is -0.322 e. The van der Waals surface area contributed by atoms with Crippen molar-refractivity contribution in [3.8, 4) is 0 Å². The topological polar surface area (TPSA) is 63.1 Å². The summed E-state index contributed by atoms with van der Waals surface area (Å²) in [5.74, 6) is -0.561. The standard InChI is InChI=1S/C20H21ClF3N5O/c1-12-16-17(21)15(11-25-18(16)29(27-12)10-4-9-28(2)3)19(30)26-14-7-5-13(6-8-14)20(22,23)24/h5-8,11H,4,9-10H2,1-3H3,(H,26,30). The van der Waals surface area contributed by atoms with Gasteiger partial charge >= 0.3 is 6.18 Å². The number of aromatic nitrogens is 3. The Kier molecular flexibility index (Phi) is 6.33. The van der Waals surface area contributed by atoms with Gasteiger partial charge in [-0.15, -0.1) is 0 Å². The molecule has 1 N–H and O–H groups in total. The van der Waals surface area contributed by atoms with Gasteiger partial charge in [0, 0.05) is 18.4 Å². The SMILES string of the molecule is Cc1nn(CCCN(C)C)c2ncc(C(=O)Nc3ccc(C(F)(F)F)cc3)c(Cl)c12. The van der Waals surface area contributed by atoms with Crippen LogP contribution in [0.25, 0.3) is 11.0 Å². The van der Waals surface area contributed by atoms with Crippen LogP contribution in [0, 0.1) is 6.92 Å². The van der Waals surface area contributed by atoms with Crippen molar-refractivity contribution in [2.24, 2.45) is 0 Å². The minimum absolute atomic E-state index is 0.125. The maximum Gasteiger partial charge on any atom is 0.416 e. The van der Waals surface area contributed by atoms with E-state index < -0.39 is 17.6 Å². The zero-order valence-corrected chi connectivity index (χ0v) is 17.5. The van der Waals surface area contributed by atoms with Crippen molar-refractivity contribution >= 4 is 34.2 Å². The molecule has 6 nitrogen and oxygen atoms in total. The van der Waals surface area contributed by atoms with Crippen molar-refractivity contribution in [3.63, 3.8) is 0 Å². The van der Waals surface area contributed by atoms with Crippen LogP contribution in [0.5, 0.6) is 0 Å². The number of carbonyl (C=O) groups is 1. The molecule has 30 heavy (non-hydrogen) atoms. The van der Waals surface area contributed by atoms with Gasteiger partial charge in [-0.2, -0.15) is 18.3 Å². The summed E-state index contributed by atoms with van der Waals surface area (Å²) in [5.41, 5.74) is 0.790. The summed E-state index contributed by atoms with van der Waals surface area (Å²) in [7, 11) is 3.98. The second kappa shape index (κ2) is 8.61. The van der Waals surface area contributed by atoms with Gasteiger partial charge in [0.05, 0.1) is 27.2 Å². The molecule has 1 aromatic carbocycles. The first-order valence-electron chi connectivity index (χ1n) is 9.23. The van der Waals surface area contributed by atoms with Crippen molar-refractivity contribution < 1.29 is 18.0 Å². The molecular formula is C20H21ClF3N5O. The first kappa shape index (κ1) is 22.0. The molecular weight excluding hydrogens is 419 g/mol. The monoisotopic (exact) mass is 439 g/mol. The van der Waals surface area contributed by atoms with E-state index in [1.165, 1.54) is 18.3 Å². The number of amides is 1. The number of nitrogens with zero attached hydrogens (tertiary/aromatic N) is 4. The maximum absolute atomic E-state index is 12.7. The largest absolute Gasteiger partial charge is 0.416 e. The summed E-state index contributed by atoms with van der Waals surface area (Å²) in [6.07, 6.45) is -2.21. The Hall–Kier alpha value is -2.65. The highest BCUT2D eigenvalue weighted by molar-refractivity contribution is 6.39. The van der Waals surface area contributed by atoms with E-state index in [0.717, 1.165) is 25.1 Å². The summed E-state index contributed by atoms with van der Waals surface area (Å²) >= 11 is 6.48. The first-order valence-corrected chi connectivity index (χ1v) is 9.60. The molecule has 0 spiro atoms. The van der Waals surface area contributed by atoms with Gasteiger partial charge in [0.15, 0.2) is 5.65 Å². The Balaban J connectivity index is 1.83. The van der Waals surface area contributed by atoms with Crippen LogP contribution in [0.3, 0.4) is 0 Å². The number of fused-ring (bicyclic) bond motifs is 1. The van der Waals surface area contributed by atoms with Gasteiger partial charge in [-0.1, -0.05) is 11.6 Å². The Labute approximate surface area is 176 Å². The zero-order chi connectivity index (χ0) is 22.1. The fourth-order valence-corrected chi connectivity index (χ4v) is 3.42. The van der Waals surface area contributed by atoms with Crippen LogP contribution < -0.4 is 5.32 Å². The third-order valence-electron chi connectivity index (χ3n) is 4.56. The van der Waals surface area contributed by atoms with Crippen LogP contribution >= 0.6 is 11.6 Å². The van der Waals surface area contributed by atoms with E-state index in [2.05, 4.69) is 20.3 Å². The summed E-state index contributed by atoms with van der Waals surface area (Å²) in [5, 5.41) is 7.82. The molecule has 0 bridgehead atoms. The predicted octanol–water partition coefficient (Wildman–Crippen LogP) is 4.62. The summed E-state index contributed by atoms with van der Waals surface area (Å²) in [6.45, 7) is 3.33. The Bertz CT molecular complexity index is 1060. The lowest BCUT2D eigenvalue weighted by atomic mass is 10.1. The third kappa shape index (κ3) is 4.73. The molecule has 0 saturated heterocycles. The number of carbonyl (C=O) groups excluding carboxylic acids is 1. The number of aryl methyl sites for hydroxylation is 2. The normalized spacial score (nSPS) is 12.0. The number of nitrogens with one attached hydrogen (secondary N) is 1. The summed E-state index contributed by atoms with van der Waals surface area (Å²) in [4.78, 5) is 19.1. The van der Waals surface area contributed by atoms with Gasteiger partial charge in [0.1, 0.15) is 0 Å². The Morgan fingerprint density at radius 1 is 1.23 bits per heavy atom.